The first-order chi connectivity index (χ1) is 3.06. The van der Waals surface area contributed by atoms with E-state index in [1.807, 2.05) is 0 Å². The first-order valence-corrected chi connectivity index (χ1v) is 3.29. The predicted molar refractivity (Wildman–Crippen MR) is 27.6 cm³/mol. The van der Waals surface area contributed by atoms with Crippen LogP contribution in [-0.4, -0.2) is 18.7 Å². The van der Waals surface area contributed by atoms with Crippen LogP contribution in [0.25, 0.3) is 0 Å². The van der Waals surface area contributed by atoms with Gasteiger partial charge in [0.2, 0.25) is 0 Å². The summed E-state index contributed by atoms with van der Waals surface area (Å²) in [5.74, 6) is -0.257. The Morgan fingerprint density at radius 3 is 2.14 bits per heavy atom. The fourth-order valence-corrected chi connectivity index (χ4v) is 0.465. The van der Waals surface area contributed by atoms with Crippen LogP contribution in [0, 0.1) is 0 Å². The Hall–Kier alpha value is -0.350. The second-order valence-electron chi connectivity index (χ2n) is 1.07. The van der Waals surface area contributed by atoms with Gasteiger partial charge in [0.1, 0.15) is 5.75 Å². The Morgan fingerprint density at radius 2 is 2.14 bits per heavy atom. The Labute approximate surface area is 42.4 Å². The first kappa shape index (κ1) is 6.65. The third-order valence-electron chi connectivity index (χ3n) is 0.337. The molecule has 0 atom stereocenters. The summed E-state index contributed by atoms with van der Waals surface area (Å²) in [4.78, 5) is 0. The zero-order valence-corrected chi connectivity index (χ0v) is 4.53. The smallest absolute Gasteiger partial charge is 0.332 e. The highest BCUT2D eigenvalue weighted by molar-refractivity contribution is 7.85. The van der Waals surface area contributed by atoms with E-state index >= 15 is 0 Å². The molecule has 0 aromatic heterocycles. The molecule has 0 fully saturated rings. The van der Waals surface area contributed by atoms with Crippen LogP contribution in [0.1, 0.15) is 0 Å². The van der Waals surface area contributed by atoms with E-state index in [1.165, 1.54) is 6.08 Å². The maximum atomic E-state index is 9.83. The summed E-state index contributed by atoms with van der Waals surface area (Å²) >= 11 is 0. The SMILES string of the molecule is C=CCS(=O)(=O)[OH2+]. The topological polar surface area (TPSA) is 57.0 Å². The molecule has 7 heavy (non-hydrogen) atoms. The van der Waals surface area contributed by atoms with Gasteiger partial charge in [0.15, 0.2) is 0 Å². The van der Waals surface area contributed by atoms with Crippen molar-refractivity contribution < 1.29 is 13.0 Å². The van der Waals surface area contributed by atoms with Crippen LogP contribution in [-0.2, 0) is 10.1 Å². The molecular formula is C3H7O3S+. The lowest BCUT2D eigenvalue weighted by molar-refractivity contribution is 0.487. The Kier molecular flexibility index (Phi) is 1.98. The molecule has 0 aromatic carbocycles. The molecule has 0 bridgehead atoms. The monoisotopic (exact) mass is 123 g/mol. The van der Waals surface area contributed by atoms with E-state index in [0.717, 1.165) is 0 Å². The van der Waals surface area contributed by atoms with Gasteiger partial charge < -0.3 is 4.55 Å². The highest BCUT2D eigenvalue weighted by Crippen LogP contribution is 1.78. The van der Waals surface area contributed by atoms with Gasteiger partial charge >= 0.3 is 10.1 Å². The lowest BCUT2D eigenvalue weighted by Crippen LogP contribution is -1.99. The van der Waals surface area contributed by atoms with E-state index in [2.05, 4.69) is 6.58 Å². The molecule has 2 N–H and O–H groups in total. The summed E-state index contributed by atoms with van der Waals surface area (Å²) in [6, 6.07) is 0. The fourth-order valence-electron chi connectivity index (χ4n) is 0.155. The molecule has 0 aromatic rings. The van der Waals surface area contributed by atoms with Crippen LogP contribution < -0.4 is 0 Å². The molecule has 0 aliphatic heterocycles. The van der Waals surface area contributed by atoms with Crippen LogP contribution in [0.5, 0.6) is 0 Å². The Morgan fingerprint density at radius 1 is 1.71 bits per heavy atom. The molecule has 0 aliphatic carbocycles. The number of rotatable bonds is 2. The molecule has 0 heterocycles. The summed E-state index contributed by atoms with van der Waals surface area (Å²) in [6.45, 7) is 3.15. The quantitative estimate of drug-likeness (QED) is 0.357. The molecule has 0 saturated heterocycles. The average molecular weight is 123 g/mol. The lowest BCUT2D eigenvalue weighted by atomic mass is 10.8. The van der Waals surface area contributed by atoms with Crippen molar-refractivity contribution >= 4 is 10.1 Å². The maximum Gasteiger partial charge on any atom is 0.381 e. The largest absolute Gasteiger partial charge is 0.381 e. The summed E-state index contributed by atoms with van der Waals surface area (Å²) in [5, 5.41) is 0. The molecule has 0 saturated carbocycles. The molecule has 4 heteroatoms. The van der Waals surface area contributed by atoms with Crippen molar-refractivity contribution in [3.05, 3.63) is 12.7 Å². The average Bonchev–Trinajstić information content (AvgIpc) is 1.30. The van der Waals surface area contributed by atoms with E-state index in [1.54, 1.807) is 0 Å². The van der Waals surface area contributed by atoms with Crippen molar-refractivity contribution in [2.75, 3.05) is 5.75 Å². The van der Waals surface area contributed by atoms with Gasteiger partial charge in [-0.05, 0) is 0 Å². The molecule has 42 valence electrons. The maximum absolute atomic E-state index is 9.83. The zero-order chi connectivity index (χ0) is 5.91. The second kappa shape index (κ2) is 2.09. The van der Waals surface area contributed by atoms with Gasteiger partial charge in [0, 0.05) is 0 Å². The van der Waals surface area contributed by atoms with Gasteiger partial charge in [-0.25, -0.2) is 0 Å². The second-order valence-corrected chi connectivity index (χ2v) is 2.63. The highest BCUT2D eigenvalue weighted by atomic mass is 32.2. The first-order valence-electron chi connectivity index (χ1n) is 1.64. The van der Waals surface area contributed by atoms with Crippen LogP contribution in [0.3, 0.4) is 0 Å². The van der Waals surface area contributed by atoms with Gasteiger partial charge in [0.05, 0.1) is 0 Å². The van der Waals surface area contributed by atoms with Crippen molar-refractivity contribution in [2.24, 2.45) is 0 Å². The molecule has 0 spiro atoms. The van der Waals surface area contributed by atoms with Crippen LogP contribution in [0.4, 0.5) is 0 Å². The minimum atomic E-state index is -3.54. The van der Waals surface area contributed by atoms with E-state index < -0.39 is 10.1 Å². The standard InChI is InChI=1S/C3H6O3S/c1-2-3-7(4,5)6/h2H,1,3H2,(H,4,5,6)/p+1. The highest BCUT2D eigenvalue weighted by Gasteiger charge is 2.02. The van der Waals surface area contributed by atoms with Gasteiger partial charge in [0.25, 0.3) is 0 Å². The lowest BCUT2D eigenvalue weighted by Gasteiger charge is -1.77. The van der Waals surface area contributed by atoms with Crippen LogP contribution in [0.2, 0.25) is 0 Å². The number of hydrogen-bond donors (Lipinski definition) is 0. The normalized spacial score (nSPS) is 11.0. The minimum Gasteiger partial charge on any atom is -0.332 e. The third-order valence-corrected chi connectivity index (χ3v) is 1.01. The van der Waals surface area contributed by atoms with Gasteiger partial charge in [-0.1, -0.05) is 6.08 Å². The van der Waals surface area contributed by atoms with Crippen molar-refractivity contribution in [1.82, 2.24) is 0 Å². The Balaban J connectivity index is 3.84. The van der Waals surface area contributed by atoms with Crippen molar-refractivity contribution in [2.45, 2.75) is 0 Å². The molecule has 0 radical (unpaired) electrons. The van der Waals surface area contributed by atoms with E-state index in [4.69, 9.17) is 4.55 Å². The van der Waals surface area contributed by atoms with Crippen molar-refractivity contribution in [3.8, 4) is 0 Å². The van der Waals surface area contributed by atoms with E-state index in [-0.39, 0.29) is 5.75 Å². The summed E-state index contributed by atoms with van der Waals surface area (Å²) < 4.78 is 25.9. The van der Waals surface area contributed by atoms with Gasteiger partial charge in [-0.3, -0.25) is 0 Å². The molecular weight excluding hydrogens is 116 g/mol. The number of hydrogen-bond acceptors (Lipinski definition) is 2. The fraction of sp³-hybridized carbons (Fsp3) is 0.333. The van der Waals surface area contributed by atoms with Gasteiger partial charge in [-0.2, -0.15) is 8.42 Å². The van der Waals surface area contributed by atoms with Crippen molar-refractivity contribution in [1.29, 1.82) is 0 Å². The minimum absolute atomic E-state index is 0.257. The zero-order valence-electron chi connectivity index (χ0n) is 3.72. The van der Waals surface area contributed by atoms with E-state index in [9.17, 15) is 8.42 Å². The summed E-state index contributed by atoms with van der Waals surface area (Å²) in [6.07, 6.45) is 1.18. The Bertz CT molecular complexity index is 144. The molecule has 0 amide bonds. The van der Waals surface area contributed by atoms with Crippen molar-refractivity contribution in [3.63, 3.8) is 0 Å². The molecule has 0 rings (SSSR count). The molecule has 0 unspecified atom stereocenters. The van der Waals surface area contributed by atoms with Gasteiger partial charge in [-0.15, -0.1) is 6.58 Å². The predicted octanol–water partition coefficient (Wildman–Crippen LogP) is -0.773. The van der Waals surface area contributed by atoms with Crippen LogP contribution in [0.15, 0.2) is 12.7 Å². The van der Waals surface area contributed by atoms with E-state index in [0.29, 0.717) is 0 Å². The molecule has 3 nitrogen and oxygen atoms in total. The third kappa shape index (κ3) is 5.65. The summed E-state index contributed by atoms with van der Waals surface area (Å²) in [7, 11) is -3.54. The van der Waals surface area contributed by atoms with Crippen LogP contribution >= 0.6 is 0 Å². The summed E-state index contributed by atoms with van der Waals surface area (Å²) in [5.41, 5.74) is 0. The molecule has 0 aliphatic rings.